The van der Waals surface area contributed by atoms with Gasteiger partial charge < -0.3 is 31.0 Å². The summed E-state index contributed by atoms with van der Waals surface area (Å²) in [6.45, 7) is 1.99. The summed E-state index contributed by atoms with van der Waals surface area (Å²) in [5.41, 5.74) is 8.86. The number of aromatic amines is 1. The third-order valence-corrected chi connectivity index (χ3v) is 6.69. The lowest BCUT2D eigenvalue weighted by Crippen LogP contribution is -2.21. The number of H-pyrrole nitrogens is 1. The quantitative estimate of drug-likeness (QED) is 0.107. The Hall–Kier alpha value is -5.94. The van der Waals surface area contributed by atoms with Gasteiger partial charge in [0.25, 0.3) is 0 Å². The number of pyridine rings is 1. The van der Waals surface area contributed by atoms with Gasteiger partial charge in [0.15, 0.2) is 11.6 Å². The summed E-state index contributed by atoms with van der Waals surface area (Å²) >= 11 is 0. The number of aliphatic carboxylic acids is 2. The number of nitrogen functional groups attached to an aromatic ring is 1. The number of anilines is 2. The maximum atomic E-state index is 15.6. The monoisotopic (exact) mass is 713 g/mol. The molecule has 3 aromatic carbocycles. The molecule has 1 unspecified atom stereocenters. The van der Waals surface area contributed by atoms with Crippen LogP contribution < -0.4 is 15.8 Å². The molecule has 266 valence electrons. The number of carbonyl (C=O) groups is 2. The summed E-state index contributed by atoms with van der Waals surface area (Å²) in [5.74, 6) is -5.38. The molecule has 0 saturated carbocycles. The highest BCUT2D eigenvalue weighted by molar-refractivity contribution is 5.93. The molecular weight excluding hydrogens is 686 g/mol. The summed E-state index contributed by atoms with van der Waals surface area (Å²) in [5, 5.41) is 19.4. The second-order valence-electron chi connectivity index (χ2n) is 10.0. The van der Waals surface area contributed by atoms with E-state index in [1.165, 1.54) is 13.2 Å². The maximum Gasteiger partial charge on any atom is 0.490 e. The van der Waals surface area contributed by atoms with Crippen LogP contribution in [0.1, 0.15) is 29.9 Å². The molecule has 0 aliphatic carbocycles. The molecular formula is C32H27F8N5O5. The smallest absolute Gasteiger partial charge is 0.490 e. The van der Waals surface area contributed by atoms with Crippen LogP contribution >= 0.6 is 0 Å². The first kappa shape index (κ1) is 38.5. The van der Waals surface area contributed by atoms with Crippen LogP contribution in [0.2, 0.25) is 0 Å². The number of halogens is 8. The fraction of sp³-hybridized carbons (Fsp3) is 0.188. The molecule has 0 radical (unpaired) electrons. The van der Waals surface area contributed by atoms with Crippen LogP contribution in [0.15, 0.2) is 73.1 Å². The standard InChI is InChI=1S/C28H25F2N5O.2C2HF3O2/c1-3-16-12-21(25(30)24(13-16)36-2)26(28-33-15-23(35-28)20-6-4-5-7-22(20)29)34-18-8-9-19-17(14-18)10-11-32-27(19)31;2*3-2(4,5)1(6)7/h4-15,26,34H,3H2,1-2H3,(H2,31,32)(H,33,35);2*(H,6,7). The second-order valence-corrected chi connectivity index (χ2v) is 10.0. The minimum absolute atomic E-state index is 0.148. The predicted molar refractivity (Wildman–Crippen MR) is 165 cm³/mol. The van der Waals surface area contributed by atoms with Crippen LogP contribution in [-0.2, 0) is 16.0 Å². The molecule has 10 nitrogen and oxygen atoms in total. The number of imidazole rings is 1. The van der Waals surface area contributed by atoms with Gasteiger partial charge in [-0.25, -0.2) is 28.3 Å². The van der Waals surface area contributed by atoms with Crippen molar-refractivity contribution in [3.63, 3.8) is 0 Å². The van der Waals surface area contributed by atoms with E-state index >= 15 is 4.39 Å². The van der Waals surface area contributed by atoms with Crippen molar-refractivity contribution in [3.05, 3.63) is 102 Å². The number of rotatable bonds is 7. The minimum Gasteiger partial charge on any atom is -0.494 e. The number of methoxy groups -OCH3 is 1. The number of aryl methyl sites for hydroxylation is 1. The highest BCUT2D eigenvalue weighted by atomic mass is 19.4. The molecule has 0 aliphatic heterocycles. The molecule has 5 aromatic rings. The van der Waals surface area contributed by atoms with Gasteiger partial charge in [-0.15, -0.1) is 0 Å². The molecule has 0 amide bonds. The van der Waals surface area contributed by atoms with Crippen molar-refractivity contribution < 1.29 is 59.7 Å². The number of hydrogen-bond donors (Lipinski definition) is 5. The Morgan fingerprint density at radius 2 is 1.56 bits per heavy atom. The van der Waals surface area contributed by atoms with Crippen molar-refractivity contribution in [1.82, 2.24) is 15.0 Å². The van der Waals surface area contributed by atoms with E-state index in [1.54, 1.807) is 42.7 Å². The number of fused-ring (bicyclic) bond motifs is 1. The van der Waals surface area contributed by atoms with E-state index in [0.29, 0.717) is 34.9 Å². The van der Waals surface area contributed by atoms with Crippen LogP contribution in [0.4, 0.5) is 46.6 Å². The third kappa shape index (κ3) is 9.80. The first-order chi connectivity index (χ1) is 23.4. The summed E-state index contributed by atoms with van der Waals surface area (Å²) in [4.78, 5) is 29.6. The first-order valence-electron chi connectivity index (χ1n) is 14.0. The first-order valence-corrected chi connectivity index (χ1v) is 14.0. The van der Waals surface area contributed by atoms with Gasteiger partial charge in [0.2, 0.25) is 0 Å². The van der Waals surface area contributed by atoms with Crippen LogP contribution in [0.3, 0.4) is 0 Å². The zero-order valence-electron chi connectivity index (χ0n) is 25.8. The number of nitrogens with two attached hydrogens (primary N) is 1. The van der Waals surface area contributed by atoms with Gasteiger partial charge in [-0.2, -0.15) is 26.3 Å². The SMILES string of the molecule is CCc1cc(OC)c(F)c(C(Nc2ccc3c(N)nccc3c2)c2ncc(-c3ccccc3F)[nH]2)c1.O=C(O)C(F)(F)F.O=C(O)C(F)(F)F. The Morgan fingerprint density at radius 1 is 0.940 bits per heavy atom. The molecule has 0 fully saturated rings. The van der Waals surface area contributed by atoms with Gasteiger partial charge in [-0.3, -0.25) is 0 Å². The van der Waals surface area contributed by atoms with Crippen molar-refractivity contribution in [2.75, 3.05) is 18.2 Å². The molecule has 0 bridgehead atoms. The highest BCUT2D eigenvalue weighted by Crippen LogP contribution is 2.35. The van der Waals surface area contributed by atoms with Crippen LogP contribution in [-0.4, -0.2) is 56.6 Å². The Bertz CT molecular complexity index is 1940. The average molecular weight is 714 g/mol. The van der Waals surface area contributed by atoms with Crippen LogP contribution in [0.25, 0.3) is 22.0 Å². The Labute approximate surface area is 277 Å². The van der Waals surface area contributed by atoms with Gasteiger partial charge in [0, 0.05) is 28.4 Å². The van der Waals surface area contributed by atoms with Gasteiger partial charge in [-0.1, -0.05) is 25.1 Å². The molecule has 6 N–H and O–H groups in total. The van der Waals surface area contributed by atoms with Crippen molar-refractivity contribution in [2.24, 2.45) is 0 Å². The lowest BCUT2D eigenvalue weighted by Gasteiger charge is -2.21. The van der Waals surface area contributed by atoms with Gasteiger partial charge >= 0.3 is 24.3 Å². The van der Waals surface area contributed by atoms with Crippen molar-refractivity contribution in [2.45, 2.75) is 31.7 Å². The molecule has 18 heteroatoms. The van der Waals surface area contributed by atoms with Gasteiger partial charge in [-0.05, 0) is 59.8 Å². The summed E-state index contributed by atoms with van der Waals surface area (Å²) in [7, 11) is 1.44. The van der Waals surface area contributed by atoms with Crippen LogP contribution in [0, 0.1) is 11.6 Å². The maximum absolute atomic E-state index is 15.6. The minimum atomic E-state index is -5.08. The normalized spacial score (nSPS) is 11.8. The molecule has 2 heterocycles. The van der Waals surface area contributed by atoms with Crippen molar-refractivity contribution in [1.29, 1.82) is 0 Å². The fourth-order valence-corrected chi connectivity index (χ4v) is 4.29. The molecule has 2 aromatic heterocycles. The highest BCUT2D eigenvalue weighted by Gasteiger charge is 2.39. The second kappa shape index (κ2) is 16.0. The molecule has 1 atom stereocenters. The Kier molecular flexibility index (Phi) is 12.3. The zero-order chi connectivity index (χ0) is 37.4. The van der Waals surface area contributed by atoms with Gasteiger partial charge in [0.05, 0.1) is 19.0 Å². The van der Waals surface area contributed by atoms with E-state index in [2.05, 4.69) is 20.3 Å². The number of alkyl halides is 6. The molecule has 5 rings (SSSR count). The number of carboxylic acid groups (broad SMARTS) is 2. The summed E-state index contributed by atoms with van der Waals surface area (Å²) in [6, 6.07) is 16.7. The zero-order valence-corrected chi connectivity index (χ0v) is 25.8. The lowest BCUT2D eigenvalue weighted by atomic mass is 9.99. The number of benzene rings is 3. The molecule has 50 heavy (non-hydrogen) atoms. The van der Waals surface area contributed by atoms with E-state index in [4.69, 9.17) is 30.3 Å². The van der Waals surface area contributed by atoms with Gasteiger partial charge in [0.1, 0.15) is 23.5 Å². The molecule has 0 saturated heterocycles. The largest absolute Gasteiger partial charge is 0.494 e. The predicted octanol–water partition coefficient (Wildman–Crippen LogP) is 7.52. The van der Waals surface area contributed by atoms with E-state index in [-0.39, 0.29) is 11.6 Å². The number of nitrogens with zero attached hydrogens (tertiary/aromatic N) is 2. The summed E-state index contributed by atoms with van der Waals surface area (Å²) in [6.07, 6.45) is -6.29. The Morgan fingerprint density at radius 3 is 2.12 bits per heavy atom. The Balaban J connectivity index is 0.000000408. The number of aromatic nitrogens is 3. The number of ether oxygens (including phenoxy) is 1. The fourth-order valence-electron chi connectivity index (χ4n) is 4.29. The lowest BCUT2D eigenvalue weighted by molar-refractivity contribution is -0.193. The molecule has 0 aliphatic rings. The third-order valence-electron chi connectivity index (χ3n) is 6.69. The van der Waals surface area contributed by atoms with E-state index in [1.807, 2.05) is 31.2 Å². The van der Waals surface area contributed by atoms with Crippen molar-refractivity contribution >= 4 is 34.2 Å². The van der Waals surface area contributed by atoms with E-state index < -0.39 is 36.2 Å². The number of hydrogen-bond acceptors (Lipinski definition) is 7. The van der Waals surface area contributed by atoms with E-state index in [9.17, 15) is 30.7 Å². The number of carboxylic acids is 2. The molecule has 0 spiro atoms. The average Bonchev–Trinajstić information content (AvgIpc) is 3.54. The van der Waals surface area contributed by atoms with Crippen LogP contribution in [0.5, 0.6) is 5.75 Å². The number of nitrogens with one attached hydrogen (secondary N) is 2. The summed E-state index contributed by atoms with van der Waals surface area (Å²) < 4.78 is 98.9. The topological polar surface area (TPSA) is 163 Å². The van der Waals surface area contributed by atoms with Crippen molar-refractivity contribution in [3.8, 4) is 17.0 Å². The van der Waals surface area contributed by atoms with E-state index in [0.717, 1.165) is 22.0 Å².